The zero-order valence-corrected chi connectivity index (χ0v) is 8.44. The Balaban J connectivity index is 2.84. The maximum absolute atomic E-state index is 5.26. The molecule has 0 aliphatic heterocycles. The zero-order chi connectivity index (χ0) is 10.1. The molecule has 0 amide bonds. The lowest BCUT2D eigenvalue weighted by Crippen LogP contribution is -1.94. The van der Waals surface area contributed by atoms with E-state index in [-0.39, 0.29) is 0 Å². The van der Waals surface area contributed by atoms with E-state index in [1.165, 1.54) is 0 Å². The minimum absolute atomic E-state index is 0.686. The number of hydrogen-bond acceptors (Lipinski definition) is 3. The zero-order valence-electron chi connectivity index (χ0n) is 8.44. The van der Waals surface area contributed by atoms with Crippen molar-refractivity contribution < 1.29 is 9.47 Å². The van der Waals surface area contributed by atoms with Crippen LogP contribution < -0.4 is 9.47 Å². The van der Waals surface area contributed by atoms with Gasteiger partial charge < -0.3 is 14.0 Å². The summed E-state index contributed by atoms with van der Waals surface area (Å²) in [5.41, 5.74) is 1.83. The van der Waals surface area contributed by atoms with Crippen molar-refractivity contribution in [2.45, 2.75) is 0 Å². The van der Waals surface area contributed by atoms with Gasteiger partial charge in [-0.25, -0.2) is 0 Å². The van der Waals surface area contributed by atoms with Crippen molar-refractivity contribution in [2.75, 3.05) is 14.2 Å². The van der Waals surface area contributed by atoms with Crippen molar-refractivity contribution in [3.05, 3.63) is 18.3 Å². The predicted molar refractivity (Wildman–Crippen MR) is 53.8 cm³/mol. The van der Waals surface area contributed by atoms with E-state index in [0.29, 0.717) is 11.6 Å². The van der Waals surface area contributed by atoms with Crippen LogP contribution in [-0.4, -0.2) is 23.8 Å². The highest BCUT2D eigenvalue weighted by Crippen LogP contribution is 2.36. The lowest BCUT2D eigenvalue weighted by Gasteiger charge is -2.03. The second kappa shape index (κ2) is 3.21. The lowest BCUT2D eigenvalue weighted by atomic mass is 10.4. The summed E-state index contributed by atoms with van der Waals surface area (Å²) >= 11 is 0. The third-order valence-electron chi connectivity index (χ3n) is 2.26. The number of methoxy groups -OCH3 is 2. The van der Waals surface area contributed by atoms with E-state index < -0.39 is 0 Å². The highest BCUT2D eigenvalue weighted by molar-refractivity contribution is 5.86. The average molecular weight is 192 g/mol. The molecule has 2 aromatic heterocycles. The number of nitrogens with zero attached hydrogens (tertiary/aromatic N) is 2. The number of aromatic nitrogens is 2. The molecular formula is C10H12N2O2. The number of ether oxygens (including phenoxy) is 2. The number of pyridine rings is 1. The first kappa shape index (κ1) is 8.87. The number of hydrogen-bond donors (Lipinski definition) is 0. The molecular weight excluding hydrogens is 180 g/mol. The van der Waals surface area contributed by atoms with Crippen molar-refractivity contribution in [2.24, 2.45) is 7.05 Å². The molecule has 2 rings (SSSR count). The van der Waals surface area contributed by atoms with E-state index in [1.54, 1.807) is 20.4 Å². The number of fused-ring (bicyclic) bond motifs is 1. The smallest absolute Gasteiger partial charge is 0.239 e. The van der Waals surface area contributed by atoms with Gasteiger partial charge in [-0.3, -0.25) is 4.98 Å². The molecule has 14 heavy (non-hydrogen) atoms. The normalized spacial score (nSPS) is 10.5. The van der Waals surface area contributed by atoms with Gasteiger partial charge in [-0.15, -0.1) is 0 Å². The van der Waals surface area contributed by atoms with Crippen LogP contribution in [0.25, 0.3) is 11.0 Å². The van der Waals surface area contributed by atoms with Crippen LogP contribution in [0.15, 0.2) is 18.3 Å². The van der Waals surface area contributed by atoms with Crippen LogP contribution in [-0.2, 0) is 7.05 Å². The molecule has 74 valence electrons. The Bertz CT molecular complexity index is 462. The van der Waals surface area contributed by atoms with Gasteiger partial charge in [0, 0.05) is 13.2 Å². The van der Waals surface area contributed by atoms with Gasteiger partial charge in [-0.2, -0.15) is 0 Å². The van der Waals surface area contributed by atoms with Gasteiger partial charge in [0.1, 0.15) is 5.52 Å². The summed E-state index contributed by atoms with van der Waals surface area (Å²) in [5.74, 6) is 1.38. The van der Waals surface area contributed by atoms with E-state index in [2.05, 4.69) is 4.98 Å². The summed E-state index contributed by atoms with van der Waals surface area (Å²) in [4.78, 5) is 4.26. The van der Waals surface area contributed by atoms with Crippen molar-refractivity contribution >= 4 is 11.0 Å². The number of rotatable bonds is 2. The van der Waals surface area contributed by atoms with Gasteiger partial charge in [-0.1, -0.05) is 0 Å². The second-order valence-electron chi connectivity index (χ2n) is 2.97. The molecule has 4 heteroatoms. The molecule has 0 saturated carbocycles. The van der Waals surface area contributed by atoms with Gasteiger partial charge in [0.2, 0.25) is 11.6 Å². The fourth-order valence-electron chi connectivity index (χ4n) is 1.62. The predicted octanol–water partition coefficient (Wildman–Crippen LogP) is 1.59. The molecule has 0 unspecified atom stereocenters. The van der Waals surface area contributed by atoms with E-state index in [4.69, 9.17) is 9.47 Å². The van der Waals surface area contributed by atoms with Crippen LogP contribution in [0, 0.1) is 0 Å². The molecule has 0 saturated heterocycles. The first-order valence-electron chi connectivity index (χ1n) is 4.31. The number of aryl methyl sites for hydroxylation is 1. The van der Waals surface area contributed by atoms with Crippen LogP contribution >= 0.6 is 0 Å². The summed E-state index contributed by atoms with van der Waals surface area (Å²) in [6.45, 7) is 0. The molecule has 0 bridgehead atoms. The Morgan fingerprint density at radius 2 is 2.07 bits per heavy atom. The Labute approximate surface area is 82.1 Å². The summed E-state index contributed by atoms with van der Waals surface area (Å²) in [6.07, 6.45) is 1.74. The highest BCUT2D eigenvalue weighted by Gasteiger charge is 2.16. The van der Waals surface area contributed by atoms with E-state index >= 15 is 0 Å². The van der Waals surface area contributed by atoms with Crippen LogP contribution in [0.5, 0.6) is 11.6 Å². The van der Waals surface area contributed by atoms with Gasteiger partial charge in [0.25, 0.3) is 0 Å². The Kier molecular flexibility index (Phi) is 2.04. The molecule has 2 heterocycles. The van der Waals surface area contributed by atoms with Gasteiger partial charge >= 0.3 is 0 Å². The molecule has 0 atom stereocenters. The maximum atomic E-state index is 5.26. The molecule has 0 aromatic carbocycles. The van der Waals surface area contributed by atoms with Crippen LogP contribution in [0.3, 0.4) is 0 Å². The molecule has 0 fully saturated rings. The fraction of sp³-hybridized carbons (Fsp3) is 0.300. The van der Waals surface area contributed by atoms with Crippen LogP contribution in [0.2, 0.25) is 0 Å². The lowest BCUT2D eigenvalue weighted by molar-refractivity contribution is 0.339. The van der Waals surface area contributed by atoms with E-state index in [0.717, 1.165) is 11.0 Å². The second-order valence-corrected chi connectivity index (χ2v) is 2.97. The van der Waals surface area contributed by atoms with Crippen LogP contribution in [0.1, 0.15) is 0 Å². The minimum atomic E-state index is 0.686. The molecule has 0 radical (unpaired) electrons. The first-order chi connectivity index (χ1) is 6.79. The van der Waals surface area contributed by atoms with Crippen LogP contribution in [0.4, 0.5) is 0 Å². The maximum Gasteiger partial charge on any atom is 0.239 e. The monoisotopic (exact) mass is 192 g/mol. The molecule has 0 aliphatic rings. The van der Waals surface area contributed by atoms with Gasteiger partial charge in [0.15, 0.2) is 0 Å². The molecule has 4 nitrogen and oxygen atoms in total. The summed E-state index contributed by atoms with van der Waals surface area (Å²) < 4.78 is 12.4. The van der Waals surface area contributed by atoms with Gasteiger partial charge in [0.05, 0.1) is 19.7 Å². The molecule has 2 aromatic rings. The molecule has 0 N–H and O–H groups in total. The van der Waals surface area contributed by atoms with E-state index in [1.807, 2.05) is 23.7 Å². The first-order valence-corrected chi connectivity index (χ1v) is 4.31. The van der Waals surface area contributed by atoms with E-state index in [9.17, 15) is 0 Å². The quantitative estimate of drug-likeness (QED) is 0.725. The van der Waals surface area contributed by atoms with Gasteiger partial charge in [-0.05, 0) is 12.1 Å². The molecule has 0 aliphatic carbocycles. The third-order valence-corrected chi connectivity index (χ3v) is 2.26. The summed E-state index contributed by atoms with van der Waals surface area (Å²) in [6, 6.07) is 3.87. The highest BCUT2D eigenvalue weighted by atomic mass is 16.5. The largest absolute Gasteiger partial charge is 0.490 e. The average Bonchev–Trinajstić information content (AvgIpc) is 2.51. The standard InChI is InChI=1S/C10H12N2O2/c1-12-7-5-4-6-11-8(7)9(13-2)10(12)14-3/h4-6H,1-3H3. The topological polar surface area (TPSA) is 36.3 Å². The fourth-order valence-corrected chi connectivity index (χ4v) is 1.62. The molecule has 0 spiro atoms. The van der Waals surface area contributed by atoms with Crippen molar-refractivity contribution in [1.29, 1.82) is 0 Å². The van der Waals surface area contributed by atoms with Crippen molar-refractivity contribution in [3.63, 3.8) is 0 Å². The minimum Gasteiger partial charge on any atom is -0.490 e. The Morgan fingerprint density at radius 1 is 1.29 bits per heavy atom. The Hall–Kier alpha value is -1.71. The Morgan fingerprint density at radius 3 is 2.71 bits per heavy atom. The third kappa shape index (κ3) is 1.04. The SMILES string of the molecule is COc1c(OC)n(C)c2cccnc12. The van der Waals surface area contributed by atoms with Crippen molar-refractivity contribution in [1.82, 2.24) is 9.55 Å². The van der Waals surface area contributed by atoms with Crippen molar-refractivity contribution in [3.8, 4) is 11.6 Å². The summed E-state index contributed by atoms with van der Waals surface area (Å²) in [5, 5.41) is 0. The summed E-state index contributed by atoms with van der Waals surface area (Å²) in [7, 11) is 5.16.